The fourth-order valence-electron chi connectivity index (χ4n) is 0.682. The molecular formula is C5H9N3O2S. The molecule has 1 rings (SSSR count). The summed E-state index contributed by atoms with van der Waals surface area (Å²) in [5.74, 6) is -0.0352. The summed E-state index contributed by atoms with van der Waals surface area (Å²) in [6.07, 6.45) is 2.61. The number of sulfone groups is 1. The van der Waals surface area contributed by atoms with Crippen molar-refractivity contribution in [2.24, 2.45) is 5.73 Å². The Labute approximate surface area is 64.5 Å². The van der Waals surface area contributed by atoms with Crippen molar-refractivity contribution < 1.29 is 8.42 Å². The molecule has 11 heavy (non-hydrogen) atoms. The number of H-pyrrole nitrogens is 1. The predicted octanol–water partition coefficient (Wildman–Crippen LogP) is -0.858. The number of nitrogens with one attached hydrogen (secondary N) is 1. The zero-order chi connectivity index (χ0) is 8.32. The lowest BCUT2D eigenvalue weighted by Crippen LogP contribution is -2.15. The van der Waals surface area contributed by atoms with Gasteiger partial charge in [-0.15, -0.1) is 0 Å². The van der Waals surface area contributed by atoms with Crippen molar-refractivity contribution in [1.82, 2.24) is 10.2 Å². The Morgan fingerprint density at radius 3 is 2.82 bits per heavy atom. The SMILES string of the molecule is NCCS(=O)(=O)c1cn[nH]c1. The monoisotopic (exact) mass is 175 g/mol. The third-order valence-electron chi connectivity index (χ3n) is 1.22. The van der Waals surface area contributed by atoms with E-state index >= 15 is 0 Å². The highest BCUT2D eigenvalue weighted by Gasteiger charge is 2.13. The van der Waals surface area contributed by atoms with E-state index in [-0.39, 0.29) is 17.2 Å². The van der Waals surface area contributed by atoms with Crippen LogP contribution in [0, 0.1) is 0 Å². The minimum absolute atomic E-state index is 0.0352. The fraction of sp³-hybridized carbons (Fsp3) is 0.400. The third-order valence-corrected chi connectivity index (χ3v) is 2.93. The molecule has 0 spiro atoms. The van der Waals surface area contributed by atoms with E-state index in [1.54, 1.807) is 0 Å². The quantitative estimate of drug-likeness (QED) is 0.625. The standard InChI is InChI=1S/C5H9N3O2S/c6-1-2-11(9,10)5-3-7-8-4-5/h3-4H,1-2,6H2,(H,7,8). The normalized spacial score (nSPS) is 11.7. The molecule has 0 saturated carbocycles. The molecule has 0 aliphatic heterocycles. The molecule has 62 valence electrons. The van der Waals surface area contributed by atoms with Crippen LogP contribution in [0.15, 0.2) is 17.3 Å². The van der Waals surface area contributed by atoms with Gasteiger partial charge < -0.3 is 5.73 Å². The van der Waals surface area contributed by atoms with E-state index in [0.717, 1.165) is 0 Å². The van der Waals surface area contributed by atoms with Gasteiger partial charge in [-0.25, -0.2) is 8.42 Å². The van der Waals surface area contributed by atoms with E-state index in [1.807, 2.05) is 0 Å². The molecule has 0 saturated heterocycles. The molecular weight excluding hydrogens is 166 g/mol. The van der Waals surface area contributed by atoms with Crippen molar-refractivity contribution in [3.8, 4) is 0 Å². The number of hydrogen-bond acceptors (Lipinski definition) is 4. The van der Waals surface area contributed by atoms with E-state index in [4.69, 9.17) is 5.73 Å². The number of hydrogen-bond donors (Lipinski definition) is 2. The molecule has 1 aromatic heterocycles. The number of nitrogens with zero attached hydrogens (tertiary/aromatic N) is 1. The second-order valence-corrected chi connectivity index (χ2v) is 4.15. The molecule has 0 unspecified atom stereocenters. The number of aromatic nitrogens is 2. The lowest BCUT2D eigenvalue weighted by atomic mass is 10.7. The molecule has 0 bridgehead atoms. The highest BCUT2D eigenvalue weighted by atomic mass is 32.2. The number of nitrogens with two attached hydrogens (primary N) is 1. The molecule has 0 amide bonds. The summed E-state index contributed by atoms with van der Waals surface area (Å²) in [6, 6.07) is 0. The van der Waals surface area contributed by atoms with Gasteiger partial charge in [0.25, 0.3) is 0 Å². The van der Waals surface area contributed by atoms with Gasteiger partial charge in [0.15, 0.2) is 9.84 Å². The Balaban J connectivity index is 2.92. The summed E-state index contributed by atoms with van der Waals surface area (Å²) >= 11 is 0. The van der Waals surface area contributed by atoms with Crippen LogP contribution in [-0.2, 0) is 9.84 Å². The summed E-state index contributed by atoms with van der Waals surface area (Å²) in [4.78, 5) is 0.197. The van der Waals surface area contributed by atoms with Gasteiger partial charge in [0.1, 0.15) is 4.90 Å². The fourth-order valence-corrected chi connectivity index (χ4v) is 1.67. The van der Waals surface area contributed by atoms with Crippen LogP contribution < -0.4 is 5.73 Å². The van der Waals surface area contributed by atoms with Crippen LogP contribution in [0.1, 0.15) is 0 Å². The predicted molar refractivity (Wildman–Crippen MR) is 39.7 cm³/mol. The van der Waals surface area contributed by atoms with Gasteiger partial charge in [0.05, 0.1) is 11.9 Å². The summed E-state index contributed by atoms with van der Waals surface area (Å²) in [5, 5.41) is 5.95. The van der Waals surface area contributed by atoms with Gasteiger partial charge in [-0.3, -0.25) is 5.10 Å². The lowest BCUT2D eigenvalue weighted by Gasteiger charge is -1.95. The van der Waals surface area contributed by atoms with Crippen LogP contribution in [0.2, 0.25) is 0 Å². The summed E-state index contributed by atoms with van der Waals surface area (Å²) < 4.78 is 22.3. The van der Waals surface area contributed by atoms with Crippen LogP contribution in [-0.4, -0.2) is 30.9 Å². The first-order valence-electron chi connectivity index (χ1n) is 3.08. The van der Waals surface area contributed by atoms with Crippen LogP contribution in [0.25, 0.3) is 0 Å². The van der Waals surface area contributed by atoms with Crippen LogP contribution in [0.4, 0.5) is 0 Å². The maximum Gasteiger partial charge on any atom is 0.182 e. The molecule has 0 aromatic carbocycles. The van der Waals surface area contributed by atoms with Gasteiger partial charge in [-0.1, -0.05) is 0 Å². The van der Waals surface area contributed by atoms with Gasteiger partial charge in [-0.2, -0.15) is 5.10 Å². The first-order valence-corrected chi connectivity index (χ1v) is 4.73. The van der Waals surface area contributed by atoms with E-state index in [9.17, 15) is 8.42 Å². The maximum atomic E-state index is 11.2. The average molecular weight is 175 g/mol. The van der Waals surface area contributed by atoms with E-state index in [2.05, 4.69) is 10.2 Å². The summed E-state index contributed by atoms with van der Waals surface area (Å²) in [5.41, 5.74) is 5.11. The molecule has 3 N–H and O–H groups in total. The number of aromatic amines is 1. The van der Waals surface area contributed by atoms with Gasteiger partial charge in [-0.05, 0) is 0 Å². The maximum absolute atomic E-state index is 11.2. The molecule has 1 heterocycles. The Kier molecular flexibility index (Phi) is 2.25. The Morgan fingerprint density at radius 1 is 1.64 bits per heavy atom. The first kappa shape index (κ1) is 8.22. The Hall–Kier alpha value is -0.880. The Morgan fingerprint density at radius 2 is 2.36 bits per heavy atom. The largest absolute Gasteiger partial charge is 0.329 e. The zero-order valence-electron chi connectivity index (χ0n) is 5.82. The van der Waals surface area contributed by atoms with Crippen molar-refractivity contribution in [3.05, 3.63) is 12.4 Å². The molecule has 0 aliphatic carbocycles. The zero-order valence-corrected chi connectivity index (χ0v) is 6.63. The highest BCUT2D eigenvalue weighted by molar-refractivity contribution is 7.91. The van der Waals surface area contributed by atoms with Gasteiger partial charge in [0, 0.05) is 12.7 Å². The second-order valence-electron chi connectivity index (χ2n) is 2.04. The second kappa shape index (κ2) is 3.02. The molecule has 0 aliphatic rings. The molecule has 0 fully saturated rings. The Bertz CT molecular complexity index is 302. The van der Waals surface area contributed by atoms with Crippen LogP contribution >= 0.6 is 0 Å². The van der Waals surface area contributed by atoms with E-state index < -0.39 is 9.84 Å². The third kappa shape index (κ3) is 1.78. The van der Waals surface area contributed by atoms with E-state index in [1.165, 1.54) is 12.4 Å². The minimum Gasteiger partial charge on any atom is -0.329 e. The first-order chi connectivity index (χ1) is 5.17. The van der Waals surface area contributed by atoms with Crippen molar-refractivity contribution in [2.75, 3.05) is 12.3 Å². The average Bonchev–Trinajstić information content (AvgIpc) is 2.37. The van der Waals surface area contributed by atoms with Crippen molar-refractivity contribution in [3.63, 3.8) is 0 Å². The summed E-state index contributed by atoms with van der Waals surface area (Å²) in [7, 11) is -3.19. The van der Waals surface area contributed by atoms with E-state index in [0.29, 0.717) is 0 Å². The lowest BCUT2D eigenvalue weighted by molar-refractivity contribution is 0.596. The topological polar surface area (TPSA) is 88.8 Å². The molecule has 0 atom stereocenters. The van der Waals surface area contributed by atoms with Crippen molar-refractivity contribution in [2.45, 2.75) is 4.90 Å². The summed E-state index contributed by atoms with van der Waals surface area (Å²) in [6.45, 7) is 0.132. The van der Waals surface area contributed by atoms with Crippen molar-refractivity contribution >= 4 is 9.84 Å². The van der Waals surface area contributed by atoms with Gasteiger partial charge in [0.2, 0.25) is 0 Å². The smallest absolute Gasteiger partial charge is 0.182 e. The van der Waals surface area contributed by atoms with Crippen molar-refractivity contribution in [1.29, 1.82) is 0 Å². The molecule has 5 nitrogen and oxygen atoms in total. The van der Waals surface area contributed by atoms with Crippen LogP contribution in [0.3, 0.4) is 0 Å². The minimum atomic E-state index is -3.19. The molecule has 6 heteroatoms. The highest BCUT2D eigenvalue weighted by Crippen LogP contribution is 2.05. The number of rotatable bonds is 3. The van der Waals surface area contributed by atoms with Gasteiger partial charge >= 0.3 is 0 Å². The van der Waals surface area contributed by atoms with Crippen LogP contribution in [0.5, 0.6) is 0 Å². The molecule has 0 radical (unpaired) electrons. The molecule has 1 aromatic rings.